The maximum absolute atomic E-state index is 12.9. The lowest BCUT2D eigenvalue weighted by Gasteiger charge is -2.16. The third kappa shape index (κ3) is 3.61. The topological polar surface area (TPSA) is 67.0 Å². The molecule has 1 heterocycles. The molecule has 134 valence electrons. The Morgan fingerprint density at radius 2 is 1.85 bits per heavy atom. The molecule has 1 aromatic heterocycles. The number of hydrogen-bond acceptors (Lipinski definition) is 3. The van der Waals surface area contributed by atoms with Crippen LogP contribution in [-0.2, 0) is 4.79 Å². The van der Waals surface area contributed by atoms with Crippen molar-refractivity contribution in [2.24, 2.45) is 0 Å². The molecule has 3 rings (SSSR count). The molecule has 0 saturated heterocycles. The van der Waals surface area contributed by atoms with E-state index >= 15 is 0 Å². The van der Waals surface area contributed by atoms with Crippen LogP contribution in [-0.4, -0.2) is 23.2 Å². The Bertz CT molecular complexity index is 870. The summed E-state index contributed by atoms with van der Waals surface area (Å²) in [6.45, 7) is 3.92. The fourth-order valence-corrected chi connectivity index (χ4v) is 3.01. The normalized spacial score (nSPS) is 11.8. The maximum Gasteiger partial charge on any atom is 0.232 e. The number of carbonyl (C=O) groups is 1. The van der Waals surface area contributed by atoms with E-state index in [1.54, 1.807) is 7.11 Å². The Kier molecular flexibility index (Phi) is 5.37. The van der Waals surface area contributed by atoms with Gasteiger partial charge in [0.2, 0.25) is 5.91 Å². The predicted molar refractivity (Wildman–Crippen MR) is 103 cm³/mol. The van der Waals surface area contributed by atoms with Gasteiger partial charge < -0.3 is 10.1 Å². The van der Waals surface area contributed by atoms with Crippen LogP contribution in [0.25, 0.3) is 11.3 Å². The average molecular weight is 349 g/mol. The molecule has 3 aromatic rings. The summed E-state index contributed by atoms with van der Waals surface area (Å²) in [6.07, 6.45) is 0.727. The van der Waals surface area contributed by atoms with Crippen LogP contribution in [0, 0.1) is 6.92 Å². The van der Waals surface area contributed by atoms with E-state index in [1.165, 1.54) is 0 Å². The zero-order valence-corrected chi connectivity index (χ0v) is 15.2. The number of aromatic nitrogens is 2. The van der Waals surface area contributed by atoms with E-state index in [1.807, 2.05) is 68.4 Å². The number of rotatable bonds is 6. The van der Waals surface area contributed by atoms with Crippen LogP contribution in [0.4, 0.5) is 5.69 Å². The van der Waals surface area contributed by atoms with Crippen molar-refractivity contribution < 1.29 is 9.53 Å². The number of amides is 1. The molecule has 0 saturated carbocycles. The Hall–Kier alpha value is -3.08. The summed E-state index contributed by atoms with van der Waals surface area (Å²) >= 11 is 0. The van der Waals surface area contributed by atoms with Gasteiger partial charge in [-0.15, -0.1) is 0 Å². The lowest BCUT2D eigenvalue weighted by molar-refractivity contribution is -0.117. The molecule has 2 N–H and O–H groups in total. The largest absolute Gasteiger partial charge is 0.497 e. The first-order chi connectivity index (χ1) is 12.6. The van der Waals surface area contributed by atoms with Gasteiger partial charge in [0.25, 0.3) is 0 Å². The Morgan fingerprint density at radius 3 is 2.46 bits per heavy atom. The van der Waals surface area contributed by atoms with Crippen LogP contribution in [0.1, 0.15) is 30.5 Å². The molecule has 2 aromatic carbocycles. The molecule has 0 radical (unpaired) electrons. The number of nitrogens with one attached hydrogen (secondary N) is 2. The standard InChI is InChI=1S/C21H23N3O2/c1-4-18(15-8-6-5-7-9-15)21(25)22-19-14(2)23-24-20(19)16-10-12-17(26-3)13-11-16/h5-13,18H,4H2,1-3H3,(H,22,25)(H,23,24)/t18-/m0/s1. The van der Waals surface area contributed by atoms with E-state index < -0.39 is 0 Å². The lowest BCUT2D eigenvalue weighted by Crippen LogP contribution is -2.21. The summed E-state index contributed by atoms with van der Waals surface area (Å²) in [6, 6.07) is 17.5. The second kappa shape index (κ2) is 7.87. The van der Waals surface area contributed by atoms with E-state index in [9.17, 15) is 4.79 Å². The van der Waals surface area contributed by atoms with Gasteiger partial charge in [-0.25, -0.2) is 0 Å². The smallest absolute Gasteiger partial charge is 0.232 e. The van der Waals surface area contributed by atoms with Crippen molar-refractivity contribution in [2.75, 3.05) is 12.4 Å². The first-order valence-electron chi connectivity index (χ1n) is 8.69. The third-order valence-corrected chi connectivity index (χ3v) is 4.49. The minimum atomic E-state index is -0.200. The van der Waals surface area contributed by atoms with E-state index in [-0.39, 0.29) is 11.8 Å². The maximum atomic E-state index is 12.9. The SMILES string of the molecule is CC[C@H](C(=O)Nc1c(-c2ccc(OC)cc2)n[nH]c1C)c1ccccc1. The molecular weight excluding hydrogens is 326 g/mol. The van der Waals surface area contributed by atoms with E-state index in [0.29, 0.717) is 0 Å². The van der Waals surface area contributed by atoms with E-state index in [2.05, 4.69) is 15.5 Å². The third-order valence-electron chi connectivity index (χ3n) is 4.49. The molecule has 0 spiro atoms. The number of hydrogen-bond donors (Lipinski definition) is 2. The highest BCUT2D eigenvalue weighted by Gasteiger charge is 2.22. The number of aryl methyl sites for hydroxylation is 1. The molecule has 5 heteroatoms. The number of methoxy groups -OCH3 is 1. The van der Waals surface area contributed by atoms with Crippen molar-refractivity contribution >= 4 is 11.6 Å². The van der Waals surface area contributed by atoms with Gasteiger partial charge in [-0.2, -0.15) is 5.10 Å². The van der Waals surface area contributed by atoms with Crippen molar-refractivity contribution in [3.8, 4) is 17.0 Å². The van der Waals surface area contributed by atoms with Crippen molar-refractivity contribution in [3.05, 3.63) is 65.9 Å². The van der Waals surface area contributed by atoms with Gasteiger partial charge in [-0.05, 0) is 43.2 Å². The number of ether oxygens (including phenoxy) is 1. The second-order valence-corrected chi connectivity index (χ2v) is 6.16. The molecule has 1 atom stereocenters. The molecule has 26 heavy (non-hydrogen) atoms. The summed E-state index contributed by atoms with van der Waals surface area (Å²) in [4.78, 5) is 12.9. The highest BCUT2D eigenvalue weighted by molar-refractivity contribution is 5.99. The summed E-state index contributed by atoms with van der Waals surface area (Å²) in [7, 11) is 1.63. The number of nitrogens with zero attached hydrogens (tertiary/aromatic N) is 1. The van der Waals surface area contributed by atoms with Crippen LogP contribution in [0.3, 0.4) is 0 Å². The zero-order valence-electron chi connectivity index (χ0n) is 15.2. The predicted octanol–water partition coefficient (Wildman–Crippen LogP) is 4.53. The van der Waals surface area contributed by atoms with Crippen molar-refractivity contribution in [1.29, 1.82) is 0 Å². The van der Waals surface area contributed by atoms with Gasteiger partial charge in [0, 0.05) is 5.56 Å². The molecule has 0 fully saturated rings. The quantitative estimate of drug-likeness (QED) is 0.687. The van der Waals surface area contributed by atoms with Crippen LogP contribution >= 0.6 is 0 Å². The van der Waals surface area contributed by atoms with Gasteiger partial charge in [0.15, 0.2) is 0 Å². The Morgan fingerprint density at radius 1 is 1.15 bits per heavy atom. The van der Waals surface area contributed by atoms with Gasteiger partial charge in [-0.1, -0.05) is 37.3 Å². The highest BCUT2D eigenvalue weighted by Crippen LogP contribution is 2.31. The Labute approximate surface area is 153 Å². The van der Waals surface area contributed by atoms with Crippen molar-refractivity contribution in [1.82, 2.24) is 10.2 Å². The summed E-state index contributed by atoms with van der Waals surface area (Å²) in [5.41, 5.74) is 4.20. The summed E-state index contributed by atoms with van der Waals surface area (Å²) in [5, 5.41) is 10.4. The molecule has 0 aliphatic heterocycles. The Balaban J connectivity index is 1.87. The zero-order chi connectivity index (χ0) is 18.5. The minimum Gasteiger partial charge on any atom is -0.497 e. The van der Waals surface area contributed by atoms with Gasteiger partial charge in [-0.3, -0.25) is 9.89 Å². The van der Waals surface area contributed by atoms with Crippen molar-refractivity contribution in [3.63, 3.8) is 0 Å². The monoisotopic (exact) mass is 349 g/mol. The number of benzene rings is 2. The first kappa shape index (κ1) is 17.7. The molecule has 0 bridgehead atoms. The number of H-pyrrole nitrogens is 1. The van der Waals surface area contributed by atoms with Crippen molar-refractivity contribution in [2.45, 2.75) is 26.2 Å². The molecule has 1 amide bonds. The second-order valence-electron chi connectivity index (χ2n) is 6.16. The fraction of sp³-hybridized carbons (Fsp3) is 0.238. The number of anilines is 1. The number of carbonyl (C=O) groups excluding carboxylic acids is 1. The molecule has 0 aliphatic carbocycles. The summed E-state index contributed by atoms with van der Waals surface area (Å²) in [5.74, 6) is 0.550. The van der Waals surface area contributed by atoms with Crippen LogP contribution in [0.5, 0.6) is 5.75 Å². The van der Waals surface area contributed by atoms with Crippen LogP contribution < -0.4 is 10.1 Å². The fourth-order valence-electron chi connectivity index (χ4n) is 3.01. The van der Waals surface area contributed by atoms with Gasteiger partial charge in [0.1, 0.15) is 11.4 Å². The van der Waals surface area contributed by atoms with E-state index in [4.69, 9.17) is 4.74 Å². The molecule has 0 aliphatic rings. The van der Waals surface area contributed by atoms with Crippen LogP contribution in [0.2, 0.25) is 0 Å². The lowest BCUT2D eigenvalue weighted by atomic mass is 9.95. The summed E-state index contributed by atoms with van der Waals surface area (Å²) < 4.78 is 5.20. The average Bonchev–Trinajstić information content (AvgIpc) is 3.04. The van der Waals surface area contributed by atoms with E-state index in [0.717, 1.165) is 40.4 Å². The minimum absolute atomic E-state index is 0.0297. The number of aromatic amines is 1. The van der Waals surface area contributed by atoms with Gasteiger partial charge >= 0.3 is 0 Å². The van der Waals surface area contributed by atoms with Gasteiger partial charge in [0.05, 0.1) is 24.4 Å². The first-order valence-corrected chi connectivity index (χ1v) is 8.69. The van der Waals surface area contributed by atoms with Crippen LogP contribution in [0.15, 0.2) is 54.6 Å². The molecule has 0 unspecified atom stereocenters. The highest BCUT2D eigenvalue weighted by atomic mass is 16.5. The molecule has 5 nitrogen and oxygen atoms in total. The molecular formula is C21H23N3O2.